The van der Waals surface area contributed by atoms with Crippen molar-refractivity contribution in [3.8, 4) is 17.2 Å². The first-order valence-electron chi connectivity index (χ1n) is 6.27. The number of aromatic nitrogens is 1. The van der Waals surface area contributed by atoms with Crippen LogP contribution in [-0.4, -0.2) is 27.2 Å². The smallest absolute Gasteiger partial charge is 0.339 e. The monoisotopic (exact) mass is 289 g/mol. The first-order valence-corrected chi connectivity index (χ1v) is 6.27. The van der Waals surface area contributed by atoms with E-state index in [1.54, 1.807) is 24.4 Å². The van der Waals surface area contributed by atoms with Crippen LogP contribution in [-0.2, 0) is 0 Å². The zero-order valence-corrected chi connectivity index (χ0v) is 12.1. The minimum atomic E-state index is -0.281. The molecule has 6 nitrogen and oxygen atoms in total. The largest absolute Gasteiger partial charge is 0.493 e. The quantitative estimate of drug-likeness (QED) is 0.910. The Bertz CT molecular complexity index is 604. The number of benzene rings is 1. The van der Waals surface area contributed by atoms with Crippen LogP contribution in [0, 0.1) is 0 Å². The summed E-state index contributed by atoms with van der Waals surface area (Å²) in [7, 11) is 4.52. The van der Waals surface area contributed by atoms with Gasteiger partial charge in [-0.25, -0.2) is 15.1 Å². The number of rotatable bonds is 5. The topological polar surface area (TPSA) is 70.9 Å². The molecule has 0 fully saturated rings. The minimum Gasteiger partial charge on any atom is -0.493 e. The number of carbonyl (C=O) groups is 1. The van der Waals surface area contributed by atoms with Crippen LogP contribution in [0.1, 0.15) is 10.4 Å². The lowest BCUT2D eigenvalue weighted by molar-refractivity contribution is -0.360. The molecule has 0 aliphatic heterocycles. The summed E-state index contributed by atoms with van der Waals surface area (Å²) >= 11 is 0. The van der Waals surface area contributed by atoms with E-state index >= 15 is 0 Å². The Balaban J connectivity index is 2.33. The van der Waals surface area contributed by atoms with E-state index in [9.17, 15) is 4.79 Å². The number of ether oxygens (including phenoxy) is 3. The summed E-state index contributed by atoms with van der Waals surface area (Å²) in [5.41, 5.74) is 0.404. The fourth-order valence-electron chi connectivity index (χ4n) is 1.88. The molecule has 21 heavy (non-hydrogen) atoms. The van der Waals surface area contributed by atoms with Crippen LogP contribution < -0.4 is 24.5 Å². The van der Waals surface area contributed by atoms with Gasteiger partial charge in [-0.05, 0) is 18.2 Å². The van der Waals surface area contributed by atoms with Crippen LogP contribution in [0.4, 0.5) is 5.82 Å². The Morgan fingerprint density at radius 1 is 1.05 bits per heavy atom. The van der Waals surface area contributed by atoms with E-state index in [0.29, 0.717) is 28.6 Å². The molecule has 0 aliphatic carbocycles. The van der Waals surface area contributed by atoms with Crippen molar-refractivity contribution >= 4 is 11.7 Å². The van der Waals surface area contributed by atoms with Gasteiger partial charge in [0.25, 0.3) is 5.82 Å². The molecule has 0 atom stereocenters. The number of methoxy groups -OCH3 is 3. The molecule has 2 aromatic rings. The first-order chi connectivity index (χ1) is 10.2. The Morgan fingerprint density at radius 3 is 2.19 bits per heavy atom. The van der Waals surface area contributed by atoms with Crippen LogP contribution in [0.2, 0.25) is 0 Å². The van der Waals surface area contributed by atoms with Crippen molar-refractivity contribution in [2.45, 2.75) is 0 Å². The predicted octanol–water partition coefficient (Wildman–Crippen LogP) is 1.78. The Kier molecular flexibility index (Phi) is 4.61. The molecule has 0 spiro atoms. The van der Waals surface area contributed by atoms with Crippen molar-refractivity contribution < 1.29 is 24.0 Å². The highest BCUT2D eigenvalue weighted by Crippen LogP contribution is 2.38. The van der Waals surface area contributed by atoms with Crippen molar-refractivity contribution in [2.24, 2.45) is 0 Å². The third-order valence-corrected chi connectivity index (χ3v) is 2.88. The molecule has 0 bridgehead atoms. The highest BCUT2D eigenvalue weighted by atomic mass is 16.5. The van der Waals surface area contributed by atoms with Gasteiger partial charge in [-0.1, -0.05) is 6.07 Å². The first kappa shape index (κ1) is 14.6. The van der Waals surface area contributed by atoms with Crippen LogP contribution >= 0.6 is 0 Å². The van der Waals surface area contributed by atoms with Crippen LogP contribution in [0.5, 0.6) is 17.2 Å². The normalized spacial score (nSPS) is 9.86. The number of H-pyrrole nitrogens is 1. The molecule has 2 rings (SSSR count). The van der Waals surface area contributed by atoms with Crippen LogP contribution in [0.25, 0.3) is 0 Å². The number of carbonyl (C=O) groups excluding carboxylic acids is 1. The molecule has 0 radical (unpaired) electrons. The van der Waals surface area contributed by atoms with Crippen molar-refractivity contribution in [2.75, 3.05) is 26.6 Å². The molecule has 1 amide bonds. The highest BCUT2D eigenvalue weighted by Gasteiger charge is 2.19. The zero-order valence-electron chi connectivity index (χ0n) is 12.1. The van der Waals surface area contributed by atoms with Gasteiger partial charge in [0, 0.05) is 6.07 Å². The van der Waals surface area contributed by atoms with Crippen LogP contribution in [0.3, 0.4) is 0 Å². The second-order valence-electron chi connectivity index (χ2n) is 4.14. The molecule has 0 unspecified atom stereocenters. The molecule has 110 valence electrons. The van der Waals surface area contributed by atoms with Gasteiger partial charge in [-0.2, -0.15) is 0 Å². The summed E-state index contributed by atoms with van der Waals surface area (Å²) < 4.78 is 15.7. The van der Waals surface area contributed by atoms with E-state index in [2.05, 4.69) is 10.3 Å². The van der Waals surface area contributed by atoms with Gasteiger partial charge in [0.15, 0.2) is 11.5 Å². The van der Waals surface area contributed by atoms with Crippen LogP contribution in [0.15, 0.2) is 36.5 Å². The molecule has 1 heterocycles. The molecule has 1 aromatic heterocycles. The number of amides is 1. The van der Waals surface area contributed by atoms with Crippen molar-refractivity contribution in [3.63, 3.8) is 0 Å². The average Bonchev–Trinajstić information content (AvgIpc) is 2.54. The van der Waals surface area contributed by atoms with Gasteiger partial charge in [-0.15, -0.1) is 0 Å². The van der Waals surface area contributed by atoms with E-state index in [0.717, 1.165) is 0 Å². The van der Waals surface area contributed by atoms with E-state index < -0.39 is 0 Å². The lowest BCUT2D eigenvalue weighted by atomic mass is 10.1. The molecular weight excluding hydrogens is 272 g/mol. The van der Waals surface area contributed by atoms with E-state index in [4.69, 9.17) is 14.2 Å². The van der Waals surface area contributed by atoms with Gasteiger partial charge >= 0.3 is 5.91 Å². The molecule has 1 aromatic carbocycles. The van der Waals surface area contributed by atoms with Gasteiger partial charge in [0.1, 0.15) is 0 Å². The number of pyridine rings is 1. The minimum absolute atomic E-state index is 0.281. The Hall–Kier alpha value is -2.76. The molecule has 0 saturated carbocycles. The maximum Gasteiger partial charge on any atom is 0.339 e. The van der Waals surface area contributed by atoms with E-state index in [-0.39, 0.29) is 5.91 Å². The third-order valence-electron chi connectivity index (χ3n) is 2.88. The standard InChI is InChI=1S/C15H16N2O4/c1-19-11-8-10(9-12(20-2)14(11)21-3)15(18)17-13-6-4-5-7-16-13/h4-9H,1-3H3,(H,16,17,18)/p+1. The van der Waals surface area contributed by atoms with Gasteiger partial charge in [-0.3, -0.25) is 0 Å². The Morgan fingerprint density at radius 2 is 1.71 bits per heavy atom. The summed E-state index contributed by atoms with van der Waals surface area (Å²) in [4.78, 5) is 15.2. The lowest BCUT2D eigenvalue weighted by Gasteiger charge is -2.12. The molecule has 0 saturated heterocycles. The number of anilines is 1. The van der Waals surface area contributed by atoms with Gasteiger partial charge in [0.05, 0.1) is 33.1 Å². The Labute approximate surface area is 122 Å². The third kappa shape index (κ3) is 3.22. The number of hydrogen-bond acceptors (Lipinski definition) is 4. The summed E-state index contributed by atoms with van der Waals surface area (Å²) in [5.74, 6) is 1.62. The molecular formula is C15H17N2O4+. The van der Waals surface area contributed by atoms with Gasteiger partial charge in [0.2, 0.25) is 5.75 Å². The highest BCUT2D eigenvalue weighted by molar-refractivity contribution is 6.04. The predicted molar refractivity (Wildman–Crippen MR) is 77.0 cm³/mol. The second kappa shape index (κ2) is 6.60. The summed E-state index contributed by atoms with van der Waals surface area (Å²) in [6.07, 6.45) is 1.73. The van der Waals surface area contributed by atoms with Crippen molar-refractivity contribution in [3.05, 3.63) is 42.1 Å². The fourth-order valence-corrected chi connectivity index (χ4v) is 1.88. The number of aromatic amines is 1. The average molecular weight is 289 g/mol. The molecule has 2 N–H and O–H groups in total. The maximum atomic E-state index is 12.3. The van der Waals surface area contributed by atoms with Gasteiger partial charge < -0.3 is 14.2 Å². The zero-order chi connectivity index (χ0) is 15.2. The maximum absolute atomic E-state index is 12.3. The fraction of sp³-hybridized carbons (Fsp3) is 0.200. The molecule has 6 heteroatoms. The van der Waals surface area contributed by atoms with E-state index in [1.165, 1.54) is 21.3 Å². The lowest BCUT2D eigenvalue weighted by Crippen LogP contribution is -2.19. The van der Waals surface area contributed by atoms with E-state index in [1.807, 2.05) is 12.1 Å². The number of hydrogen-bond donors (Lipinski definition) is 1. The van der Waals surface area contributed by atoms with Crippen molar-refractivity contribution in [1.29, 1.82) is 0 Å². The second-order valence-corrected chi connectivity index (χ2v) is 4.14. The van der Waals surface area contributed by atoms with Crippen molar-refractivity contribution in [1.82, 2.24) is 0 Å². The SMILES string of the molecule is COc1cc(C(=O)Nc2cccc[nH+]2)cc(OC)c1OC. The summed E-state index contributed by atoms with van der Waals surface area (Å²) in [5, 5.41) is 2.75. The number of nitrogens with one attached hydrogen (secondary N) is 2. The summed E-state index contributed by atoms with van der Waals surface area (Å²) in [6.45, 7) is 0. The summed E-state index contributed by atoms with van der Waals surface area (Å²) in [6, 6.07) is 8.60. The molecule has 0 aliphatic rings.